The van der Waals surface area contributed by atoms with Gasteiger partial charge in [0.1, 0.15) is 5.82 Å². The predicted molar refractivity (Wildman–Crippen MR) is 100 cm³/mol. The van der Waals surface area contributed by atoms with Gasteiger partial charge in [-0.1, -0.05) is 30.3 Å². The zero-order valence-electron chi connectivity index (χ0n) is 14.1. The summed E-state index contributed by atoms with van der Waals surface area (Å²) < 4.78 is 26.7. The van der Waals surface area contributed by atoms with Crippen LogP contribution >= 0.6 is 0 Å². The summed E-state index contributed by atoms with van der Waals surface area (Å²) in [6.07, 6.45) is 3.33. The fourth-order valence-corrected chi connectivity index (χ4v) is 2.62. The highest BCUT2D eigenvalue weighted by Gasteiger charge is 2.10. The summed E-state index contributed by atoms with van der Waals surface area (Å²) in [5.41, 5.74) is 2.83. The first-order chi connectivity index (χ1) is 13.2. The van der Waals surface area contributed by atoms with E-state index in [0.29, 0.717) is 23.0 Å². The molecule has 4 nitrogen and oxygen atoms in total. The number of nitrogens with one attached hydrogen (secondary N) is 1. The molecule has 2 heterocycles. The fourth-order valence-electron chi connectivity index (χ4n) is 2.62. The molecule has 4 aromatic rings. The average molecular weight is 360 g/mol. The molecule has 0 saturated carbocycles. The summed E-state index contributed by atoms with van der Waals surface area (Å²) in [6, 6.07) is 18.7. The molecule has 0 unspecified atom stereocenters. The van der Waals surface area contributed by atoms with Gasteiger partial charge >= 0.3 is 0 Å². The molecule has 0 radical (unpaired) electrons. The van der Waals surface area contributed by atoms with Crippen LogP contribution in [0.2, 0.25) is 0 Å². The largest absolute Gasteiger partial charge is 0.340 e. The van der Waals surface area contributed by atoms with Crippen LogP contribution in [0.25, 0.3) is 22.6 Å². The van der Waals surface area contributed by atoms with Crippen molar-refractivity contribution < 1.29 is 8.78 Å². The Morgan fingerprint density at radius 3 is 2.22 bits per heavy atom. The second kappa shape index (κ2) is 7.29. The molecule has 0 aliphatic rings. The summed E-state index contributed by atoms with van der Waals surface area (Å²) >= 11 is 0. The molecule has 6 heteroatoms. The zero-order chi connectivity index (χ0) is 18.6. The van der Waals surface area contributed by atoms with Crippen LogP contribution in [0.4, 0.5) is 20.3 Å². The van der Waals surface area contributed by atoms with E-state index in [0.717, 1.165) is 23.3 Å². The van der Waals surface area contributed by atoms with Crippen LogP contribution in [-0.4, -0.2) is 15.0 Å². The van der Waals surface area contributed by atoms with E-state index in [1.54, 1.807) is 18.5 Å². The minimum atomic E-state index is -0.924. The maximum absolute atomic E-state index is 13.5. The summed E-state index contributed by atoms with van der Waals surface area (Å²) in [6.45, 7) is 0. The van der Waals surface area contributed by atoms with Crippen molar-refractivity contribution in [2.75, 3.05) is 5.32 Å². The molecule has 132 valence electrons. The van der Waals surface area contributed by atoms with Gasteiger partial charge in [0.05, 0.1) is 5.69 Å². The van der Waals surface area contributed by atoms with Gasteiger partial charge in [0.2, 0.25) is 0 Å². The van der Waals surface area contributed by atoms with Gasteiger partial charge in [0, 0.05) is 41.3 Å². The third-order valence-corrected chi connectivity index (χ3v) is 3.93. The number of pyridine rings is 1. The molecule has 0 atom stereocenters. The monoisotopic (exact) mass is 360 g/mol. The molecule has 0 spiro atoms. The normalized spacial score (nSPS) is 10.6. The molecule has 1 N–H and O–H groups in total. The van der Waals surface area contributed by atoms with Crippen molar-refractivity contribution in [1.82, 2.24) is 15.0 Å². The standard InChI is InChI=1S/C21H14F2N4/c22-17-7-6-16(12-18(17)23)25-20-13-19(14-4-2-1-3-5-14)26-21(27-20)15-8-10-24-11-9-15/h1-13H,(H,25,26,27). The zero-order valence-corrected chi connectivity index (χ0v) is 14.1. The number of rotatable bonds is 4. The number of aromatic nitrogens is 3. The topological polar surface area (TPSA) is 50.7 Å². The highest BCUT2D eigenvalue weighted by atomic mass is 19.2. The summed E-state index contributed by atoms with van der Waals surface area (Å²) in [5, 5.41) is 3.02. The van der Waals surface area contributed by atoms with E-state index in [4.69, 9.17) is 0 Å². The van der Waals surface area contributed by atoms with Gasteiger partial charge in [-0.15, -0.1) is 0 Å². The van der Waals surface area contributed by atoms with Crippen LogP contribution in [-0.2, 0) is 0 Å². The second-order valence-electron chi connectivity index (χ2n) is 5.82. The molecule has 4 rings (SSSR count). The van der Waals surface area contributed by atoms with Crippen molar-refractivity contribution >= 4 is 11.5 Å². The van der Waals surface area contributed by atoms with Crippen LogP contribution in [0.15, 0.2) is 79.1 Å². The van der Waals surface area contributed by atoms with Gasteiger partial charge < -0.3 is 5.32 Å². The SMILES string of the molecule is Fc1ccc(Nc2cc(-c3ccccc3)nc(-c3ccncc3)n2)cc1F. The number of hydrogen-bond donors (Lipinski definition) is 1. The van der Waals surface area contributed by atoms with Crippen LogP contribution in [0, 0.1) is 11.6 Å². The van der Waals surface area contributed by atoms with Crippen LogP contribution in [0.5, 0.6) is 0 Å². The van der Waals surface area contributed by atoms with Crippen molar-refractivity contribution in [2.24, 2.45) is 0 Å². The van der Waals surface area contributed by atoms with Crippen LogP contribution in [0.3, 0.4) is 0 Å². The molecular formula is C21H14F2N4. The lowest BCUT2D eigenvalue weighted by atomic mass is 10.1. The minimum Gasteiger partial charge on any atom is -0.340 e. The lowest BCUT2D eigenvalue weighted by Crippen LogP contribution is -2.00. The van der Waals surface area contributed by atoms with E-state index in [1.165, 1.54) is 6.07 Å². The van der Waals surface area contributed by atoms with Gasteiger partial charge in [0.15, 0.2) is 17.5 Å². The first-order valence-electron chi connectivity index (χ1n) is 8.26. The first kappa shape index (κ1) is 16.8. The van der Waals surface area contributed by atoms with Crippen molar-refractivity contribution in [1.29, 1.82) is 0 Å². The smallest absolute Gasteiger partial charge is 0.162 e. The van der Waals surface area contributed by atoms with Gasteiger partial charge in [-0.05, 0) is 24.3 Å². The van der Waals surface area contributed by atoms with Gasteiger partial charge in [-0.2, -0.15) is 0 Å². The Hall–Kier alpha value is -3.67. The molecule has 0 saturated heterocycles. The Balaban J connectivity index is 1.79. The van der Waals surface area contributed by atoms with Crippen molar-refractivity contribution in [3.05, 3.63) is 90.8 Å². The maximum atomic E-state index is 13.5. The maximum Gasteiger partial charge on any atom is 0.162 e. The lowest BCUT2D eigenvalue weighted by molar-refractivity contribution is 0.509. The van der Waals surface area contributed by atoms with E-state index in [2.05, 4.69) is 20.3 Å². The van der Waals surface area contributed by atoms with Gasteiger partial charge in [-0.25, -0.2) is 18.7 Å². The number of hydrogen-bond acceptors (Lipinski definition) is 4. The van der Waals surface area contributed by atoms with Gasteiger partial charge in [0.25, 0.3) is 0 Å². The number of anilines is 2. The third-order valence-electron chi connectivity index (χ3n) is 3.93. The summed E-state index contributed by atoms with van der Waals surface area (Å²) in [5.74, 6) is -0.845. The molecule has 0 aliphatic carbocycles. The number of benzene rings is 2. The third kappa shape index (κ3) is 3.79. The van der Waals surface area contributed by atoms with E-state index >= 15 is 0 Å². The molecule has 0 bridgehead atoms. The number of nitrogens with zero attached hydrogens (tertiary/aromatic N) is 3. The average Bonchev–Trinajstić information content (AvgIpc) is 2.72. The van der Waals surface area contributed by atoms with E-state index < -0.39 is 11.6 Å². The van der Waals surface area contributed by atoms with E-state index in [-0.39, 0.29) is 0 Å². The molecule has 2 aromatic heterocycles. The van der Waals surface area contributed by atoms with Crippen molar-refractivity contribution in [3.8, 4) is 22.6 Å². The van der Waals surface area contributed by atoms with Crippen LogP contribution < -0.4 is 5.32 Å². The molecule has 0 amide bonds. The van der Waals surface area contributed by atoms with Crippen molar-refractivity contribution in [2.45, 2.75) is 0 Å². The molecule has 27 heavy (non-hydrogen) atoms. The Bertz CT molecular complexity index is 1010. The Labute approximate surface area is 154 Å². The molecule has 0 fully saturated rings. The first-order valence-corrected chi connectivity index (χ1v) is 8.26. The van der Waals surface area contributed by atoms with Crippen molar-refractivity contribution in [3.63, 3.8) is 0 Å². The highest BCUT2D eigenvalue weighted by Crippen LogP contribution is 2.26. The molecular weight excluding hydrogens is 346 g/mol. The summed E-state index contributed by atoms with van der Waals surface area (Å²) in [4.78, 5) is 13.2. The Morgan fingerprint density at radius 1 is 0.704 bits per heavy atom. The van der Waals surface area contributed by atoms with Crippen LogP contribution in [0.1, 0.15) is 0 Å². The number of halogens is 2. The van der Waals surface area contributed by atoms with Gasteiger partial charge in [-0.3, -0.25) is 4.98 Å². The fraction of sp³-hybridized carbons (Fsp3) is 0. The minimum absolute atomic E-state index is 0.396. The lowest BCUT2D eigenvalue weighted by Gasteiger charge is -2.11. The quantitative estimate of drug-likeness (QED) is 0.542. The van der Waals surface area contributed by atoms with E-state index in [1.807, 2.05) is 42.5 Å². The molecule has 0 aliphatic heterocycles. The predicted octanol–water partition coefficient (Wildman–Crippen LogP) is 5.23. The van der Waals surface area contributed by atoms with E-state index in [9.17, 15) is 8.78 Å². The summed E-state index contributed by atoms with van der Waals surface area (Å²) in [7, 11) is 0. The Morgan fingerprint density at radius 2 is 1.48 bits per heavy atom. The molecule has 2 aromatic carbocycles. The highest BCUT2D eigenvalue weighted by molar-refractivity contribution is 5.69. The Kier molecular flexibility index (Phi) is 4.53. The second-order valence-corrected chi connectivity index (χ2v) is 5.82.